The molecule has 0 bridgehead atoms. The molecular weight excluding hydrogens is 461 g/mol. The van der Waals surface area contributed by atoms with Crippen molar-refractivity contribution in [2.24, 2.45) is 5.92 Å². The highest BCUT2D eigenvalue weighted by molar-refractivity contribution is 5.86. The van der Waals surface area contributed by atoms with Gasteiger partial charge in [0.1, 0.15) is 17.3 Å². The Morgan fingerprint density at radius 3 is 2.36 bits per heavy atom. The molecule has 8 heteroatoms. The zero-order chi connectivity index (χ0) is 25.3. The minimum Gasteiger partial charge on any atom is -0.464 e. The first-order valence-electron chi connectivity index (χ1n) is 13.1. The standard InChI is InChI=1S/C28H38FN3O4/c1-22-7-12-26(36-22)20-32(19-23-8-10-25(29)11-9-23)27(33)21-31(14-13-30-15-17-35-18-16-30)28(34)24-5-3-2-4-6-24/h7-12,24H,2-6,13-21H2,1H3. The van der Waals surface area contributed by atoms with Crippen LogP contribution < -0.4 is 0 Å². The second-order valence-electron chi connectivity index (χ2n) is 9.94. The lowest BCUT2D eigenvalue weighted by molar-refractivity contribution is -0.144. The number of hydrogen-bond acceptors (Lipinski definition) is 5. The van der Waals surface area contributed by atoms with Crippen LogP contribution in [0.25, 0.3) is 0 Å². The minimum atomic E-state index is -0.314. The Bertz CT molecular complexity index is 981. The van der Waals surface area contributed by atoms with Gasteiger partial charge in [0.15, 0.2) is 0 Å². The van der Waals surface area contributed by atoms with E-state index >= 15 is 0 Å². The monoisotopic (exact) mass is 499 g/mol. The van der Waals surface area contributed by atoms with Crippen molar-refractivity contribution >= 4 is 11.8 Å². The van der Waals surface area contributed by atoms with Crippen LogP contribution in [0.5, 0.6) is 0 Å². The normalized spacial score (nSPS) is 17.2. The quantitative estimate of drug-likeness (QED) is 0.495. The van der Waals surface area contributed by atoms with Gasteiger partial charge in [-0.3, -0.25) is 14.5 Å². The molecule has 2 heterocycles. The van der Waals surface area contributed by atoms with Gasteiger partial charge in [0.2, 0.25) is 11.8 Å². The van der Waals surface area contributed by atoms with Gasteiger partial charge < -0.3 is 19.0 Å². The second kappa shape index (κ2) is 13.0. The van der Waals surface area contributed by atoms with Gasteiger partial charge in [-0.2, -0.15) is 0 Å². The molecule has 1 aromatic heterocycles. The molecule has 1 aliphatic carbocycles. The molecule has 2 aromatic rings. The first-order valence-corrected chi connectivity index (χ1v) is 13.1. The maximum atomic E-state index is 13.7. The third kappa shape index (κ3) is 7.64. The first kappa shape index (κ1) is 26.4. The van der Waals surface area contributed by atoms with Gasteiger partial charge in [0, 0.05) is 38.6 Å². The van der Waals surface area contributed by atoms with Crippen LogP contribution in [-0.2, 0) is 27.4 Å². The van der Waals surface area contributed by atoms with Crippen molar-refractivity contribution in [1.29, 1.82) is 0 Å². The molecule has 0 spiro atoms. The molecule has 1 saturated heterocycles. The molecule has 1 saturated carbocycles. The van der Waals surface area contributed by atoms with E-state index in [4.69, 9.17) is 9.15 Å². The van der Waals surface area contributed by atoms with Crippen LogP contribution in [-0.4, -0.2) is 72.5 Å². The van der Waals surface area contributed by atoms with Crippen molar-refractivity contribution < 1.29 is 23.1 Å². The largest absolute Gasteiger partial charge is 0.464 e. The molecule has 0 atom stereocenters. The number of ether oxygens (including phenoxy) is 1. The maximum Gasteiger partial charge on any atom is 0.242 e. The number of carbonyl (C=O) groups is 2. The van der Waals surface area contributed by atoms with E-state index in [1.54, 1.807) is 21.9 Å². The number of hydrogen-bond donors (Lipinski definition) is 0. The second-order valence-corrected chi connectivity index (χ2v) is 9.94. The van der Waals surface area contributed by atoms with Crippen LogP contribution in [0.15, 0.2) is 40.8 Å². The Kier molecular flexibility index (Phi) is 9.53. The van der Waals surface area contributed by atoms with Crippen LogP contribution in [0.2, 0.25) is 0 Å². The van der Waals surface area contributed by atoms with Crippen LogP contribution in [0.1, 0.15) is 49.2 Å². The van der Waals surface area contributed by atoms with E-state index in [2.05, 4.69) is 4.90 Å². The summed E-state index contributed by atoms with van der Waals surface area (Å²) < 4.78 is 24.7. The SMILES string of the molecule is Cc1ccc(CN(Cc2ccc(F)cc2)C(=O)CN(CCN2CCOCC2)C(=O)C2CCCCC2)o1. The highest BCUT2D eigenvalue weighted by atomic mass is 19.1. The number of rotatable bonds is 10. The molecule has 2 fully saturated rings. The van der Waals surface area contributed by atoms with E-state index in [0.29, 0.717) is 38.6 Å². The zero-order valence-electron chi connectivity index (χ0n) is 21.3. The van der Waals surface area contributed by atoms with E-state index < -0.39 is 0 Å². The van der Waals surface area contributed by atoms with Gasteiger partial charge in [0.25, 0.3) is 0 Å². The smallest absolute Gasteiger partial charge is 0.242 e. The average Bonchev–Trinajstić information content (AvgIpc) is 3.32. The van der Waals surface area contributed by atoms with Crippen LogP contribution in [0.4, 0.5) is 4.39 Å². The number of halogens is 1. The predicted octanol–water partition coefficient (Wildman–Crippen LogP) is 4.00. The van der Waals surface area contributed by atoms with Crippen molar-refractivity contribution in [2.75, 3.05) is 45.9 Å². The Balaban J connectivity index is 1.48. The average molecular weight is 500 g/mol. The van der Waals surface area contributed by atoms with E-state index in [1.807, 2.05) is 19.1 Å². The molecule has 0 N–H and O–H groups in total. The van der Waals surface area contributed by atoms with E-state index in [-0.39, 0.29) is 30.1 Å². The van der Waals surface area contributed by atoms with E-state index in [9.17, 15) is 14.0 Å². The summed E-state index contributed by atoms with van der Waals surface area (Å²) >= 11 is 0. The molecule has 2 aliphatic rings. The van der Waals surface area contributed by atoms with Gasteiger partial charge >= 0.3 is 0 Å². The van der Waals surface area contributed by atoms with Crippen molar-refractivity contribution in [2.45, 2.75) is 52.1 Å². The Labute approximate surface area is 213 Å². The minimum absolute atomic E-state index is 0.00508. The maximum absolute atomic E-state index is 13.7. The molecule has 0 radical (unpaired) electrons. The third-order valence-corrected chi connectivity index (χ3v) is 7.16. The summed E-state index contributed by atoms with van der Waals surface area (Å²) in [6.45, 7) is 6.82. The molecule has 4 rings (SSSR count). The van der Waals surface area contributed by atoms with Gasteiger partial charge in [0.05, 0.1) is 26.3 Å². The Morgan fingerprint density at radius 2 is 1.69 bits per heavy atom. The van der Waals surface area contributed by atoms with Crippen molar-refractivity contribution in [1.82, 2.24) is 14.7 Å². The summed E-state index contributed by atoms with van der Waals surface area (Å²) in [4.78, 5) is 32.9. The van der Waals surface area contributed by atoms with Crippen molar-refractivity contribution in [3.63, 3.8) is 0 Å². The summed E-state index contributed by atoms with van der Waals surface area (Å²) in [5.74, 6) is 1.09. The number of furan rings is 1. The molecule has 1 aliphatic heterocycles. The number of aryl methyl sites for hydroxylation is 1. The summed E-state index contributed by atoms with van der Waals surface area (Å²) in [5, 5.41) is 0. The lowest BCUT2D eigenvalue weighted by Gasteiger charge is -2.33. The van der Waals surface area contributed by atoms with Crippen molar-refractivity contribution in [3.8, 4) is 0 Å². The van der Waals surface area contributed by atoms with Gasteiger partial charge in [-0.15, -0.1) is 0 Å². The lowest BCUT2D eigenvalue weighted by atomic mass is 9.88. The molecule has 1 aromatic carbocycles. The summed E-state index contributed by atoms with van der Waals surface area (Å²) in [5.41, 5.74) is 0.825. The topological polar surface area (TPSA) is 66.2 Å². The highest BCUT2D eigenvalue weighted by Crippen LogP contribution is 2.26. The van der Waals surface area contributed by atoms with Crippen LogP contribution in [0.3, 0.4) is 0 Å². The molecule has 2 amide bonds. The van der Waals surface area contributed by atoms with Gasteiger partial charge in [-0.25, -0.2) is 4.39 Å². The van der Waals surface area contributed by atoms with Crippen LogP contribution in [0, 0.1) is 18.7 Å². The predicted molar refractivity (Wildman–Crippen MR) is 135 cm³/mol. The molecule has 36 heavy (non-hydrogen) atoms. The fraction of sp³-hybridized carbons (Fsp3) is 0.571. The number of carbonyl (C=O) groups excluding carboxylic acids is 2. The molecule has 0 unspecified atom stereocenters. The molecule has 196 valence electrons. The summed E-state index contributed by atoms with van der Waals surface area (Å²) in [6.07, 6.45) is 5.09. The van der Waals surface area contributed by atoms with Crippen molar-refractivity contribution in [3.05, 3.63) is 59.3 Å². The lowest BCUT2D eigenvalue weighted by Crippen LogP contribution is -2.48. The van der Waals surface area contributed by atoms with E-state index in [1.165, 1.54) is 18.6 Å². The molecule has 7 nitrogen and oxygen atoms in total. The van der Waals surface area contributed by atoms with Gasteiger partial charge in [-0.05, 0) is 49.6 Å². The Morgan fingerprint density at radius 1 is 0.972 bits per heavy atom. The highest BCUT2D eigenvalue weighted by Gasteiger charge is 2.29. The van der Waals surface area contributed by atoms with E-state index in [0.717, 1.165) is 56.6 Å². The fourth-order valence-corrected chi connectivity index (χ4v) is 5.03. The first-order chi connectivity index (χ1) is 17.5. The third-order valence-electron chi connectivity index (χ3n) is 7.16. The number of morpholine rings is 1. The molecular formula is C28H38FN3O4. The van der Waals surface area contributed by atoms with Crippen LogP contribution >= 0.6 is 0 Å². The fourth-order valence-electron chi connectivity index (χ4n) is 5.03. The summed E-state index contributed by atoms with van der Waals surface area (Å²) in [7, 11) is 0. The zero-order valence-corrected chi connectivity index (χ0v) is 21.3. The van der Waals surface area contributed by atoms with Gasteiger partial charge in [-0.1, -0.05) is 31.4 Å². The number of nitrogens with zero attached hydrogens (tertiary/aromatic N) is 3. The Hall–Kier alpha value is -2.71. The summed E-state index contributed by atoms with van der Waals surface area (Å²) in [6, 6.07) is 9.91. The number of amides is 2. The number of benzene rings is 1.